The van der Waals surface area contributed by atoms with Gasteiger partial charge in [0.25, 0.3) is 6.43 Å². The van der Waals surface area contributed by atoms with Gasteiger partial charge in [0.1, 0.15) is 17.4 Å². The van der Waals surface area contributed by atoms with Gasteiger partial charge in [0, 0.05) is 23.4 Å². The zero-order chi connectivity index (χ0) is 21.1. The van der Waals surface area contributed by atoms with Gasteiger partial charge in [-0.15, -0.1) is 0 Å². The maximum Gasteiger partial charge on any atom is 0.256 e. The molecular weight excluding hydrogens is 382 g/mol. The van der Waals surface area contributed by atoms with Crippen molar-refractivity contribution in [3.63, 3.8) is 0 Å². The zero-order valence-electron chi connectivity index (χ0n) is 16.2. The Labute approximate surface area is 167 Å². The fraction of sp³-hybridized carbons (Fsp3) is 0.217. The first-order valence-corrected chi connectivity index (χ1v) is 9.18. The number of halogens is 4. The summed E-state index contributed by atoms with van der Waals surface area (Å²) >= 11 is 0. The van der Waals surface area contributed by atoms with Crippen LogP contribution in [0.2, 0.25) is 0 Å². The Morgan fingerprint density at radius 1 is 1.07 bits per heavy atom. The Bertz CT molecular complexity index is 957. The molecule has 3 rings (SSSR count). The second-order valence-corrected chi connectivity index (χ2v) is 6.60. The molecule has 0 aromatic heterocycles. The largest absolute Gasteiger partial charge is 0.494 e. The third kappa shape index (κ3) is 4.21. The van der Waals surface area contributed by atoms with Gasteiger partial charge >= 0.3 is 0 Å². The molecule has 0 saturated heterocycles. The summed E-state index contributed by atoms with van der Waals surface area (Å²) in [7, 11) is 0. The molecule has 0 unspecified atom stereocenters. The molecule has 1 aliphatic rings. The molecule has 152 valence electrons. The van der Waals surface area contributed by atoms with Gasteiger partial charge in [-0.3, -0.25) is 0 Å². The molecule has 2 nitrogen and oxygen atoms in total. The maximum absolute atomic E-state index is 15.0. The number of nitrogens with zero attached hydrogens (tertiary/aromatic N) is 1. The standard InChI is InChI=1S/C23H21F4NO/c1-4-29-17-11-19(24)22(20(25)12-17)23-18(16-8-6-5-7-9-16)10-14(2)15(3)28(23)13-21(26)27/h5-12,21H,3-4,13H2,1-2H3. The van der Waals surface area contributed by atoms with Gasteiger partial charge in [0.2, 0.25) is 0 Å². The van der Waals surface area contributed by atoms with Crippen LogP contribution in [0.25, 0.3) is 11.3 Å². The third-order valence-corrected chi connectivity index (χ3v) is 4.64. The Kier molecular flexibility index (Phi) is 6.11. The second-order valence-electron chi connectivity index (χ2n) is 6.60. The SMILES string of the molecule is C=C1C(C)=CC(c2ccccc2)=C(c2c(F)cc(OCC)cc2F)N1CC(F)F. The Morgan fingerprint density at radius 2 is 1.69 bits per heavy atom. The average molecular weight is 403 g/mol. The lowest BCUT2D eigenvalue weighted by Gasteiger charge is -2.35. The van der Waals surface area contributed by atoms with Gasteiger partial charge in [0.15, 0.2) is 0 Å². The fourth-order valence-electron chi connectivity index (χ4n) is 3.33. The zero-order valence-corrected chi connectivity index (χ0v) is 16.2. The van der Waals surface area contributed by atoms with Crippen molar-refractivity contribution in [3.05, 3.63) is 89.2 Å². The van der Waals surface area contributed by atoms with Crippen LogP contribution < -0.4 is 4.74 Å². The number of allylic oxidation sites excluding steroid dienone is 3. The maximum atomic E-state index is 15.0. The summed E-state index contributed by atoms with van der Waals surface area (Å²) in [5, 5.41) is 0. The predicted octanol–water partition coefficient (Wildman–Crippen LogP) is 6.27. The van der Waals surface area contributed by atoms with Crippen molar-refractivity contribution in [1.82, 2.24) is 4.90 Å². The van der Waals surface area contributed by atoms with Crippen molar-refractivity contribution in [2.24, 2.45) is 0 Å². The average Bonchev–Trinajstić information content (AvgIpc) is 2.67. The van der Waals surface area contributed by atoms with Crippen molar-refractivity contribution < 1.29 is 22.3 Å². The van der Waals surface area contributed by atoms with Crippen LogP contribution in [0.5, 0.6) is 5.75 Å². The number of alkyl halides is 2. The van der Waals surface area contributed by atoms with E-state index in [2.05, 4.69) is 6.58 Å². The van der Waals surface area contributed by atoms with Crippen LogP contribution in [0, 0.1) is 11.6 Å². The van der Waals surface area contributed by atoms with Gasteiger partial charge in [-0.2, -0.15) is 0 Å². The van der Waals surface area contributed by atoms with E-state index in [0.717, 1.165) is 12.1 Å². The van der Waals surface area contributed by atoms with Crippen LogP contribution in [-0.4, -0.2) is 24.5 Å². The van der Waals surface area contributed by atoms with Crippen LogP contribution in [-0.2, 0) is 0 Å². The van der Waals surface area contributed by atoms with Crippen molar-refractivity contribution in [2.75, 3.05) is 13.2 Å². The summed E-state index contributed by atoms with van der Waals surface area (Å²) in [6, 6.07) is 11.0. The minimum absolute atomic E-state index is 0.0187. The molecule has 2 aromatic carbocycles. The van der Waals surface area contributed by atoms with Crippen molar-refractivity contribution in [1.29, 1.82) is 0 Å². The van der Waals surface area contributed by atoms with E-state index in [1.165, 1.54) is 4.90 Å². The molecular formula is C23H21F4NO. The van der Waals surface area contributed by atoms with Crippen molar-refractivity contribution >= 4 is 11.3 Å². The normalized spacial score (nSPS) is 14.5. The summed E-state index contributed by atoms with van der Waals surface area (Å²) in [6.07, 6.45) is -1.01. The first-order valence-electron chi connectivity index (χ1n) is 9.18. The summed E-state index contributed by atoms with van der Waals surface area (Å²) in [5.41, 5.74) is 1.63. The van der Waals surface area contributed by atoms with Crippen molar-refractivity contribution in [3.8, 4) is 5.75 Å². The Balaban J connectivity index is 2.32. The fourth-order valence-corrected chi connectivity index (χ4v) is 3.33. The van der Waals surface area contributed by atoms with Gasteiger partial charge in [0.05, 0.1) is 24.4 Å². The van der Waals surface area contributed by atoms with E-state index in [-0.39, 0.29) is 23.8 Å². The van der Waals surface area contributed by atoms with Gasteiger partial charge < -0.3 is 9.64 Å². The van der Waals surface area contributed by atoms with E-state index < -0.39 is 30.2 Å². The van der Waals surface area contributed by atoms with Crippen LogP contribution in [0.15, 0.2) is 66.4 Å². The smallest absolute Gasteiger partial charge is 0.256 e. The molecule has 2 aromatic rings. The predicted molar refractivity (Wildman–Crippen MR) is 106 cm³/mol. The molecule has 0 spiro atoms. The second kappa shape index (κ2) is 8.55. The van der Waals surface area contributed by atoms with Gasteiger partial charge in [-0.25, -0.2) is 17.6 Å². The highest BCUT2D eigenvalue weighted by Gasteiger charge is 2.31. The quantitative estimate of drug-likeness (QED) is 0.527. The lowest BCUT2D eigenvalue weighted by molar-refractivity contribution is 0.123. The van der Waals surface area contributed by atoms with Gasteiger partial charge in [-0.05, 0) is 31.1 Å². The molecule has 0 N–H and O–H groups in total. The number of hydrogen-bond donors (Lipinski definition) is 0. The molecule has 0 saturated carbocycles. The molecule has 1 aliphatic heterocycles. The van der Waals surface area contributed by atoms with E-state index in [1.807, 2.05) is 0 Å². The summed E-state index contributed by atoms with van der Waals surface area (Å²) in [6.45, 7) is 6.79. The lowest BCUT2D eigenvalue weighted by Crippen LogP contribution is -2.30. The number of hydrogen-bond acceptors (Lipinski definition) is 2. The van der Waals surface area contributed by atoms with Crippen LogP contribution in [0.3, 0.4) is 0 Å². The summed E-state index contributed by atoms with van der Waals surface area (Å²) in [5.74, 6) is -1.75. The molecule has 0 bridgehead atoms. The first kappa shape index (κ1) is 20.7. The lowest BCUT2D eigenvalue weighted by atomic mass is 9.91. The highest BCUT2D eigenvalue weighted by Crippen LogP contribution is 2.41. The van der Waals surface area contributed by atoms with Gasteiger partial charge in [-0.1, -0.05) is 36.9 Å². The first-order chi connectivity index (χ1) is 13.8. The minimum atomic E-state index is -2.72. The summed E-state index contributed by atoms with van der Waals surface area (Å²) in [4.78, 5) is 1.18. The minimum Gasteiger partial charge on any atom is -0.494 e. The monoisotopic (exact) mass is 403 g/mol. The molecule has 0 amide bonds. The number of benzene rings is 2. The van der Waals surface area contributed by atoms with E-state index in [0.29, 0.717) is 16.7 Å². The molecule has 0 aliphatic carbocycles. The third-order valence-electron chi connectivity index (χ3n) is 4.64. The highest BCUT2D eigenvalue weighted by atomic mass is 19.3. The Morgan fingerprint density at radius 3 is 2.24 bits per heavy atom. The molecule has 1 heterocycles. The number of ether oxygens (including phenoxy) is 1. The van der Waals surface area contributed by atoms with E-state index >= 15 is 8.78 Å². The van der Waals surface area contributed by atoms with Crippen LogP contribution in [0.4, 0.5) is 17.6 Å². The highest BCUT2D eigenvalue weighted by molar-refractivity contribution is 5.98. The van der Waals surface area contributed by atoms with E-state index in [9.17, 15) is 8.78 Å². The molecule has 29 heavy (non-hydrogen) atoms. The van der Waals surface area contributed by atoms with E-state index in [1.54, 1.807) is 50.3 Å². The summed E-state index contributed by atoms with van der Waals surface area (Å²) < 4.78 is 62.0. The van der Waals surface area contributed by atoms with Crippen molar-refractivity contribution in [2.45, 2.75) is 20.3 Å². The molecule has 0 atom stereocenters. The molecule has 6 heteroatoms. The molecule has 0 fully saturated rings. The molecule has 0 radical (unpaired) electrons. The van der Waals surface area contributed by atoms with E-state index in [4.69, 9.17) is 4.74 Å². The topological polar surface area (TPSA) is 12.5 Å². The Hall–Kier alpha value is -3.02. The van der Waals surface area contributed by atoms with Crippen LogP contribution >= 0.6 is 0 Å². The van der Waals surface area contributed by atoms with Crippen LogP contribution in [0.1, 0.15) is 25.0 Å². The number of rotatable bonds is 6.